The van der Waals surface area contributed by atoms with Crippen molar-refractivity contribution in [1.82, 2.24) is 9.78 Å². The molecule has 0 aliphatic heterocycles. The van der Waals surface area contributed by atoms with Crippen LogP contribution in [0.15, 0.2) is 34.2 Å². The zero-order chi connectivity index (χ0) is 14.7. The van der Waals surface area contributed by atoms with Crippen molar-refractivity contribution in [2.75, 3.05) is 0 Å². The Morgan fingerprint density at radius 1 is 1.45 bits per heavy atom. The fraction of sp³-hybridized carbons (Fsp3) is 0.400. The minimum absolute atomic E-state index is 0.129. The lowest BCUT2D eigenvalue weighted by atomic mass is 10.1. The van der Waals surface area contributed by atoms with Crippen LogP contribution in [0.2, 0.25) is 0 Å². The highest BCUT2D eigenvalue weighted by Crippen LogP contribution is 2.32. The molecule has 1 aromatic heterocycles. The monoisotopic (exact) mass is 293 g/mol. The number of aromatic nitrogens is 2. The van der Waals surface area contributed by atoms with Crippen LogP contribution in [0.3, 0.4) is 0 Å². The predicted octanol–water partition coefficient (Wildman–Crippen LogP) is 3.30. The predicted molar refractivity (Wildman–Crippen MR) is 80.4 cm³/mol. The van der Waals surface area contributed by atoms with Gasteiger partial charge in [0.15, 0.2) is 0 Å². The Hall–Kier alpha value is -1.33. The molecule has 1 atom stereocenters. The van der Waals surface area contributed by atoms with Crippen LogP contribution in [0.5, 0.6) is 0 Å². The van der Waals surface area contributed by atoms with Gasteiger partial charge in [-0.15, -0.1) is 0 Å². The first-order valence-electron chi connectivity index (χ1n) is 6.72. The summed E-state index contributed by atoms with van der Waals surface area (Å²) in [5, 5.41) is 5.50. The van der Waals surface area contributed by atoms with Gasteiger partial charge in [-0.2, -0.15) is 5.10 Å². The van der Waals surface area contributed by atoms with Crippen molar-refractivity contribution < 1.29 is 4.39 Å². The lowest BCUT2D eigenvalue weighted by Gasteiger charge is -2.11. The summed E-state index contributed by atoms with van der Waals surface area (Å²) < 4.78 is 15.1. The molecule has 0 aliphatic rings. The molecule has 5 heteroatoms. The highest BCUT2D eigenvalue weighted by molar-refractivity contribution is 7.99. The molecule has 0 saturated heterocycles. The van der Waals surface area contributed by atoms with Crippen molar-refractivity contribution in [3.63, 3.8) is 0 Å². The second kappa shape index (κ2) is 6.41. The summed E-state index contributed by atoms with van der Waals surface area (Å²) in [6.07, 6.45) is 1.73. The van der Waals surface area contributed by atoms with Crippen molar-refractivity contribution in [3.8, 4) is 0 Å². The van der Waals surface area contributed by atoms with E-state index in [9.17, 15) is 4.39 Å². The van der Waals surface area contributed by atoms with Gasteiger partial charge in [0.2, 0.25) is 0 Å². The van der Waals surface area contributed by atoms with E-state index in [1.165, 1.54) is 23.9 Å². The number of aryl methyl sites for hydroxylation is 2. The normalized spacial score (nSPS) is 12.7. The number of nitrogens with two attached hydrogens (primary N) is 1. The second-order valence-corrected chi connectivity index (χ2v) is 5.99. The van der Waals surface area contributed by atoms with E-state index in [-0.39, 0.29) is 11.9 Å². The van der Waals surface area contributed by atoms with Gasteiger partial charge in [-0.05, 0) is 38.0 Å². The van der Waals surface area contributed by atoms with E-state index in [4.69, 9.17) is 5.73 Å². The van der Waals surface area contributed by atoms with Gasteiger partial charge in [-0.25, -0.2) is 4.39 Å². The molecule has 2 rings (SSSR count). The average Bonchev–Trinajstić information content (AvgIpc) is 2.65. The van der Waals surface area contributed by atoms with Crippen LogP contribution >= 0.6 is 11.8 Å². The molecule has 20 heavy (non-hydrogen) atoms. The molecule has 1 heterocycles. The van der Waals surface area contributed by atoms with Gasteiger partial charge in [0.25, 0.3) is 0 Å². The Labute approximate surface area is 123 Å². The molecular weight excluding hydrogens is 273 g/mol. The molecule has 0 bridgehead atoms. The van der Waals surface area contributed by atoms with Gasteiger partial charge in [-0.3, -0.25) is 4.68 Å². The molecule has 0 radical (unpaired) electrons. The van der Waals surface area contributed by atoms with E-state index >= 15 is 0 Å². The van der Waals surface area contributed by atoms with Crippen LogP contribution in [0, 0.1) is 12.7 Å². The third kappa shape index (κ3) is 3.41. The first kappa shape index (κ1) is 15.1. The number of hydrogen-bond donors (Lipinski definition) is 1. The van der Waals surface area contributed by atoms with E-state index in [2.05, 4.69) is 12.0 Å². The highest BCUT2D eigenvalue weighted by Gasteiger charge is 2.16. The standard InChI is InChI=1S/C15H20FN3S/c1-4-12(17)9-14-10(2)18-19(3)15(14)20-13-7-5-6-11(16)8-13/h5-8,12H,4,9,17H2,1-3H3. The van der Waals surface area contributed by atoms with Crippen molar-refractivity contribution in [2.24, 2.45) is 12.8 Å². The summed E-state index contributed by atoms with van der Waals surface area (Å²) in [5.74, 6) is -0.222. The third-order valence-corrected chi connectivity index (χ3v) is 4.48. The van der Waals surface area contributed by atoms with Crippen LogP contribution in [0.1, 0.15) is 24.6 Å². The molecule has 0 fully saturated rings. The maximum absolute atomic E-state index is 13.3. The summed E-state index contributed by atoms with van der Waals surface area (Å²) in [6, 6.07) is 6.74. The van der Waals surface area contributed by atoms with E-state index in [1.807, 2.05) is 24.7 Å². The van der Waals surface area contributed by atoms with Gasteiger partial charge < -0.3 is 5.73 Å². The van der Waals surface area contributed by atoms with Crippen molar-refractivity contribution in [3.05, 3.63) is 41.3 Å². The average molecular weight is 293 g/mol. The maximum Gasteiger partial charge on any atom is 0.124 e. The van der Waals surface area contributed by atoms with Crippen LogP contribution in [-0.4, -0.2) is 15.8 Å². The summed E-state index contributed by atoms with van der Waals surface area (Å²) in [7, 11) is 1.91. The molecule has 108 valence electrons. The largest absolute Gasteiger partial charge is 0.327 e. The Morgan fingerprint density at radius 2 is 2.20 bits per heavy atom. The van der Waals surface area contributed by atoms with E-state index in [1.54, 1.807) is 6.07 Å². The Kier molecular flexibility index (Phi) is 4.83. The number of halogens is 1. The summed E-state index contributed by atoms with van der Waals surface area (Å²) >= 11 is 1.53. The molecule has 1 aromatic carbocycles. The number of rotatable bonds is 5. The maximum atomic E-state index is 13.3. The Balaban J connectivity index is 2.31. The van der Waals surface area contributed by atoms with Gasteiger partial charge in [-0.1, -0.05) is 24.8 Å². The van der Waals surface area contributed by atoms with Crippen molar-refractivity contribution in [1.29, 1.82) is 0 Å². The van der Waals surface area contributed by atoms with Gasteiger partial charge >= 0.3 is 0 Å². The van der Waals surface area contributed by atoms with Crippen LogP contribution in [0.4, 0.5) is 4.39 Å². The zero-order valence-electron chi connectivity index (χ0n) is 12.1. The molecule has 2 aromatic rings. The van der Waals surface area contributed by atoms with Crippen LogP contribution in [0.25, 0.3) is 0 Å². The molecule has 1 unspecified atom stereocenters. The first-order chi connectivity index (χ1) is 9.51. The minimum Gasteiger partial charge on any atom is -0.327 e. The topological polar surface area (TPSA) is 43.8 Å². The number of nitrogens with zero attached hydrogens (tertiary/aromatic N) is 2. The second-order valence-electron chi connectivity index (χ2n) is 4.92. The van der Waals surface area contributed by atoms with Gasteiger partial charge in [0, 0.05) is 23.5 Å². The minimum atomic E-state index is -0.222. The lowest BCUT2D eigenvalue weighted by Crippen LogP contribution is -2.21. The van der Waals surface area contributed by atoms with E-state index < -0.39 is 0 Å². The first-order valence-corrected chi connectivity index (χ1v) is 7.54. The van der Waals surface area contributed by atoms with Crippen molar-refractivity contribution >= 4 is 11.8 Å². The number of hydrogen-bond acceptors (Lipinski definition) is 3. The number of benzene rings is 1. The molecular formula is C15H20FN3S. The van der Waals surface area contributed by atoms with Crippen LogP contribution < -0.4 is 5.73 Å². The Morgan fingerprint density at radius 3 is 2.85 bits per heavy atom. The molecule has 0 spiro atoms. The SMILES string of the molecule is CCC(N)Cc1c(C)nn(C)c1Sc1cccc(F)c1. The highest BCUT2D eigenvalue weighted by atomic mass is 32.2. The third-order valence-electron chi connectivity index (χ3n) is 3.29. The molecule has 0 saturated carbocycles. The lowest BCUT2D eigenvalue weighted by molar-refractivity contribution is 0.623. The molecule has 0 amide bonds. The van der Waals surface area contributed by atoms with Gasteiger partial charge in [0.05, 0.1) is 5.69 Å². The molecule has 3 nitrogen and oxygen atoms in total. The summed E-state index contributed by atoms with van der Waals surface area (Å²) in [5.41, 5.74) is 8.22. The van der Waals surface area contributed by atoms with E-state index in [0.29, 0.717) is 0 Å². The fourth-order valence-electron chi connectivity index (χ4n) is 2.09. The van der Waals surface area contributed by atoms with Gasteiger partial charge in [0.1, 0.15) is 10.8 Å². The summed E-state index contributed by atoms with van der Waals surface area (Å²) in [6.45, 7) is 4.07. The van der Waals surface area contributed by atoms with Crippen LogP contribution in [-0.2, 0) is 13.5 Å². The Bertz CT molecular complexity index is 595. The zero-order valence-corrected chi connectivity index (χ0v) is 12.9. The smallest absolute Gasteiger partial charge is 0.124 e. The summed E-state index contributed by atoms with van der Waals surface area (Å²) in [4.78, 5) is 0.874. The van der Waals surface area contributed by atoms with E-state index in [0.717, 1.165) is 34.0 Å². The fourth-order valence-corrected chi connectivity index (χ4v) is 3.16. The van der Waals surface area contributed by atoms with Crippen molar-refractivity contribution in [2.45, 2.75) is 42.7 Å². The molecule has 0 aliphatic carbocycles. The quantitative estimate of drug-likeness (QED) is 0.920. The molecule has 2 N–H and O–H groups in total.